The predicted octanol–water partition coefficient (Wildman–Crippen LogP) is 7.48. The summed E-state index contributed by atoms with van der Waals surface area (Å²) in [6.45, 7) is 7.03. The van der Waals surface area contributed by atoms with Gasteiger partial charge in [0.2, 0.25) is 0 Å². The van der Waals surface area contributed by atoms with Gasteiger partial charge < -0.3 is 19.6 Å². The molecule has 0 radical (unpaired) electrons. The van der Waals surface area contributed by atoms with E-state index in [0.29, 0.717) is 12.2 Å². The summed E-state index contributed by atoms with van der Waals surface area (Å²) in [5.74, 6) is -0.291. The number of fused-ring (bicyclic) bond motifs is 2. The lowest BCUT2D eigenvalue weighted by Gasteiger charge is -2.36. The van der Waals surface area contributed by atoms with Crippen molar-refractivity contribution in [3.8, 4) is 22.3 Å². The molecule has 42 heavy (non-hydrogen) atoms. The molecule has 0 atom stereocenters. The Morgan fingerprint density at radius 2 is 1.50 bits per heavy atom. The highest BCUT2D eigenvalue weighted by Gasteiger charge is 2.22. The summed E-state index contributed by atoms with van der Waals surface area (Å²) in [7, 11) is 0. The molecule has 0 bridgehead atoms. The van der Waals surface area contributed by atoms with Crippen LogP contribution in [-0.4, -0.2) is 53.6 Å². The number of carbonyl (C=O) groups is 1. The molecule has 3 heterocycles. The monoisotopic (exact) mass is 554 g/mol. The molecule has 1 saturated heterocycles. The van der Waals surface area contributed by atoms with Gasteiger partial charge in [0.25, 0.3) is 0 Å². The number of hydrogen-bond acceptors (Lipinski definition) is 4. The molecule has 1 aliphatic rings. The third-order valence-electron chi connectivity index (χ3n) is 8.36. The Kier molecular flexibility index (Phi) is 6.98. The Hall–Kier alpha value is -4.81. The van der Waals surface area contributed by atoms with E-state index >= 15 is 0 Å². The molecule has 0 amide bonds. The molecule has 210 valence electrons. The second kappa shape index (κ2) is 11.2. The number of ether oxygens (including phenoxy) is 1. The van der Waals surface area contributed by atoms with E-state index < -0.39 is 0 Å². The number of anilines is 1. The van der Waals surface area contributed by atoms with Crippen LogP contribution in [0.15, 0.2) is 103 Å². The number of aromatic amines is 2. The highest BCUT2D eigenvalue weighted by atomic mass is 16.5. The van der Waals surface area contributed by atoms with Crippen LogP contribution >= 0.6 is 0 Å². The largest absolute Gasteiger partial charge is 0.462 e. The number of esters is 1. The fourth-order valence-electron chi connectivity index (χ4n) is 6.30. The number of piperazine rings is 1. The van der Waals surface area contributed by atoms with Gasteiger partial charge in [-0.3, -0.25) is 4.90 Å². The maximum absolute atomic E-state index is 12.6. The van der Waals surface area contributed by atoms with Crippen molar-refractivity contribution in [1.82, 2.24) is 14.9 Å². The van der Waals surface area contributed by atoms with Crippen LogP contribution < -0.4 is 4.90 Å². The van der Waals surface area contributed by atoms with Gasteiger partial charge in [-0.25, -0.2) is 4.79 Å². The van der Waals surface area contributed by atoms with Crippen molar-refractivity contribution >= 4 is 33.5 Å². The highest BCUT2D eigenvalue weighted by molar-refractivity contribution is 5.99. The first kappa shape index (κ1) is 26.1. The molecule has 1 fully saturated rings. The second-order valence-corrected chi connectivity index (χ2v) is 10.8. The normalized spacial score (nSPS) is 14.1. The van der Waals surface area contributed by atoms with Crippen molar-refractivity contribution in [2.24, 2.45) is 0 Å². The summed E-state index contributed by atoms with van der Waals surface area (Å²) in [5, 5.41) is 2.52. The fourth-order valence-corrected chi connectivity index (χ4v) is 6.30. The Labute approximate surface area is 245 Å². The Morgan fingerprint density at radius 1 is 0.762 bits per heavy atom. The molecule has 2 N–H and O–H groups in total. The van der Waals surface area contributed by atoms with Crippen LogP contribution in [0.5, 0.6) is 0 Å². The van der Waals surface area contributed by atoms with Crippen LogP contribution in [-0.2, 0) is 11.3 Å². The zero-order valence-corrected chi connectivity index (χ0v) is 23.8. The molecule has 0 saturated carbocycles. The Balaban J connectivity index is 1.15. The molecule has 0 unspecified atom stereocenters. The minimum atomic E-state index is -0.291. The summed E-state index contributed by atoms with van der Waals surface area (Å²) in [6.07, 6.45) is 2.02. The summed E-state index contributed by atoms with van der Waals surface area (Å²) in [5.41, 5.74) is 9.76. The summed E-state index contributed by atoms with van der Waals surface area (Å²) >= 11 is 0. The zero-order chi connectivity index (χ0) is 28.5. The average Bonchev–Trinajstić information content (AvgIpc) is 3.66. The number of rotatable bonds is 7. The van der Waals surface area contributed by atoms with Gasteiger partial charge in [0.15, 0.2) is 0 Å². The minimum Gasteiger partial charge on any atom is -0.462 e. The standard InChI is InChI=1S/C36H34N4O2/c1-2-42-36(41)28-9-4-3-8-27(28)25-14-16-26(17-15-25)35-30-10-5-6-11-32(30)38-33(35)24-39-20-22-40(23-21-39)34-13-7-12-31-29(34)18-19-37-31/h3-19,37-38H,2,20-24H2,1H3. The van der Waals surface area contributed by atoms with Gasteiger partial charge >= 0.3 is 5.97 Å². The lowest BCUT2D eigenvalue weighted by atomic mass is 9.95. The van der Waals surface area contributed by atoms with Crippen LogP contribution in [0.1, 0.15) is 23.0 Å². The first-order chi connectivity index (χ1) is 20.7. The molecule has 7 rings (SSSR count). The third kappa shape index (κ3) is 4.84. The van der Waals surface area contributed by atoms with Crippen LogP contribution in [0.25, 0.3) is 44.1 Å². The lowest BCUT2D eigenvalue weighted by Crippen LogP contribution is -2.46. The molecule has 4 aromatic carbocycles. The predicted molar refractivity (Wildman–Crippen MR) is 171 cm³/mol. The first-order valence-corrected chi connectivity index (χ1v) is 14.7. The first-order valence-electron chi connectivity index (χ1n) is 14.7. The molecule has 1 aliphatic heterocycles. The number of H-pyrrole nitrogens is 2. The van der Waals surface area contributed by atoms with E-state index in [9.17, 15) is 4.79 Å². The minimum absolute atomic E-state index is 0.291. The smallest absolute Gasteiger partial charge is 0.338 e. The van der Waals surface area contributed by atoms with Gasteiger partial charge in [-0.15, -0.1) is 0 Å². The number of aromatic nitrogens is 2. The van der Waals surface area contributed by atoms with Crippen molar-refractivity contribution in [1.29, 1.82) is 0 Å². The fraction of sp³-hybridized carbons (Fsp3) is 0.194. The van der Waals surface area contributed by atoms with E-state index in [-0.39, 0.29) is 5.97 Å². The molecular formula is C36H34N4O2. The number of carbonyl (C=O) groups excluding carboxylic acids is 1. The molecule has 0 aliphatic carbocycles. The van der Waals surface area contributed by atoms with E-state index in [2.05, 4.69) is 92.6 Å². The van der Waals surface area contributed by atoms with Crippen LogP contribution in [0.2, 0.25) is 0 Å². The second-order valence-electron chi connectivity index (χ2n) is 10.8. The van der Waals surface area contributed by atoms with E-state index in [1.807, 2.05) is 37.4 Å². The Morgan fingerprint density at radius 3 is 2.33 bits per heavy atom. The van der Waals surface area contributed by atoms with Crippen molar-refractivity contribution in [3.05, 3.63) is 115 Å². The molecular weight excluding hydrogens is 520 g/mol. The van der Waals surface area contributed by atoms with E-state index in [1.54, 1.807) is 0 Å². The van der Waals surface area contributed by atoms with Crippen molar-refractivity contribution in [2.45, 2.75) is 13.5 Å². The van der Waals surface area contributed by atoms with Gasteiger partial charge in [-0.2, -0.15) is 0 Å². The molecule has 0 spiro atoms. The van der Waals surface area contributed by atoms with E-state index in [4.69, 9.17) is 4.74 Å². The lowest BCUT2D eigenvalue weighted by molar-refractivity contribution is 0.0527. The van der Waals surface area contributed by atoms with Gasteiger partial charge in [-0.1, -0.05) is 66.7 Å². The summed E-state index contributed by atoms with van der Waals surface area (Å²) in [6, 6.07) is 33.4. The van der Waals surface area contributed by atoms with Crippen LogP contribution in [0.4, 0.5) is 5.69 Å². The molecule has 2 aromatic heterocycles. The third-order valence-corrected chi connectivity index (χ3v) is 8.36. The molecule has 6 heteroatoms. The maximum Gasteiger partial charge on any atom is 0.338 e. The summed E-state index contributed by atoms with van der Waals surface area (Å²) in [4.78, 5) is 24.7. The van der Waals surface area contributed by atoms with Gasteiger partial charge in [0.1, 0.15) is 0 Å². The van der Waals surface area contributed by atoms with E-state index in [1.165, 1.54) is 33.2 Å². The number of para-hydroxylation sites is 1. The van der Waals surface area contributed by atoms with Gasteiger partial charge in [0.05, 0.1) is 12.2 Å². The SMILES string of the molecule is CCOC(=O)c1ccccc1-c1ccc(-c2c(CN3CCN(c4cccc5[nH]ccc45)CC3)[nH]c3ccccc23)cc1. The number of hydrogen-bond donors (Lipinski definition) is 2. The zero-order valence-electron chi connectivity index (χ0n) is 23.8. The van der Waals surface area contributed by atoms with Gasteiger partial charge in [-0.05, 0) is 53.9 Å². The quantitative estimate of drug-likeness (QED) is 0.201. The molecule has 6 nitrogen and oxygen atoms in total. The number of nitrogens with one attached hydrogen (secondary N) is 2. The van der Waals surface area contributed by atoms with Crippen LogP contribution in [0, 0.1) is 0 Å². The molecule has 6 aromatic rings. The van der Waals surface area contributed by atoms with Crippen molar-refractivity contribution in [2.75, 3.05) is 37.7 Å². The average molecular weight is 555 g/mol. The van der Waals surface area contributed by atoms with Crippen molar-refractivity contribution in [3.63, 3.8) is 0 Å². The van der Waals surface area contributed by atoms with Gasteiger partial charge in [0, 0.05) is 77.7 Å². The van der Waals surface area contributed by atoms with E-state index in [0.717, 1.165) is 54.9 Å². The topological polar surface area (TPSA) is 64.4 Å². The Bertz CT molecular complexity index is 1860. The highest BCUT2D eigenvalue weighted by Crippen LogP contribution is 2.35. The number of nitrogens with zero attached hydrogens (tertiary/aromatic N) is 2. The van der Waals surface area contributed by atoms with Crippen molar-refractivity contribution < 1.29 is 9.53 Å². The van der Waals surface area contributed by atoms with Crippen LogP contribution in [0.3, 0.4) is 0 Å². The maximum atomic E-state index is 12.6. The number of benzene rings is 4. The summed E-state index contributed by atoms with van der Waals surface area (Å²) < 4.78 is 5.30.